The van der Waals surface area contributed by atoms with Crippen LogP contribution >= 0.6 is 0 Å². The third-order valence-electron chi connectivity index (χ3n) is 1.48. The minimum atomic E-state index is -0.707. The van der Waals surface area contributed by atoms with E-state index in [2.05, 4.69) is 0 Å². The molecule has 0 saturated carbocycles. The van der Waals surface area contributed by atoms with Gasteiger partial charge in [0.25, 0.3) is 0 Å². The molecule has 1 nitrogen and oxygen atoms in total. The quantitative estimate of drug-likeness (QED) is 0.661. The van der Waals surface area contributed by atoms with E-state index in [0.29, 0.717) is 0 Å². The van der Waals surface area contributed by atoms with Crippen molar-refractivity contribution >= 4 is 0 Å². The summed E-state index contributed by atoms with van der Waals surface area (Å²) >= 11 is 0. The van der Waals surface area contributed by atoms with Crippen LogP contribution in [0.2, 0.25) is 0 Å². The van der Waals surface area contributed by atoms with Crippen LogP contribution in [0.3, 0.4) is 0 Å². The van der Waals surface area contributed by atoms with Crippen LogP contribution in [0, 0.1) is 0 Å². The molecule has 0 unspecified atom stereocenters. The van der Waals surface area contributed by atoms with Gasteiger partial charge in [-0.3, -0.25) is 0 Å². The number of hydrogen-bond acceptors (Lipinski definition) is 1. The predicted molar refractivity (Wildman–Crippen MR) is 41.7 cm³/mol. The molecule has 0 amide bonds. The molecule has 2 heteroatoms. The maximum absolute atomic E-state index is 9.49. The molecule has 1 N–H and O–H groups in total. The van der Waals surface area contributed by atoms with Crippen molar-refractivity contribution in [2.75, 3.05) is 0 Å². The Morgan fingerprint density at radius 1 is 1.09 bits per heavy atom. The second-order valence-electron chi connectivity index (χ2n) is 2.93. The third-order valence-corrected chi connectivity index (χ3v) is 1.48. The summed E-state index contributed by atoms with van der Waals surface area (Å²) in [6.45, 7) is 3.56. The van der Waals surface area contributed by atoms with E-state index in [0.717, 1.165) is 5.56 Å². The standard InChI is InChI=1S/C9H12O.Ti/c1-9(2,10)8-6-4-3-5-7-8;/h3-7,10H,1-2H3;. The van der Waals surface area contributed by atoms with Gasteiger partial charge in [-0.1, -0.05) is 30.3 Å². The van der Waals surface area contributed by atoms with E-state index in [-0.39, 0.29) is 21.7 Å². The molecule has 0 atom stereocenters. The second kappa shape index (κ2) is 4.05. The van der Waals surface area contributed by atoms with Gasteiger partial charge in [-0.2, -0.15) is 0 Å². The first-order chi connectivity index (χ1) is 4.61. The van der Waals surface area contributed by atoms with Crippen molar-refractivity contribution in [3.8, 4) is 0 Å². The van der Waals surface area contributed by atoms with Crippen molar-refractivity contribution in [2.45, 2.75) is 19.4 Å². The van der Waals surface area contributed by atoms with Crippen LogP contribution in [0.5, 0.6) is 0 Å². The van der Waals surface area contributed by atoms with Gasteiger partial charge in [-0.05, 0) is 19.4 Å². The van der Waals surface area contributed by atoms with Gasteiger partial charge in [0, 0.05) is 21.7 Å². The van der Waals surface area contributed by atoms with Gasteiger partial charge in [0.2, 0.25) is 0 Å². The summed E-state index contributed by atoms with van der Waals surface area (Å²) in [5.74, 6) is 0. The van der Waals surface area contributed by atoms with Gasteiger partial charge < -0.3 is 5.11 Å². The van der Waals surface area contributed by atoms with Crippen molar-refractivity contribution in [3.63, 3.8) is 0 Å². The van der Waals surface area contributed by atoms with E-state index in [1.807, 2.05) is 30.3 Å². The van der Waals surface area contributed by atoms with Gasteiger partial charge >= 0.3 is 0 Å². The molecule has 58 valence electrons. The first-order valence-electron chi connectivity index (χ1n) is 3.38. The van der Waals surface area contributed by atoms with Crippen LogP contribution in [0.25, 0.3) is 0 Å². The first-order valence-corrected chi connectivity index (χ1v) is 3.38. The van der Waals surface area contributed by atoms with Crippen molar-refractivity contribution < 1.29 is 26.8 Å². The van der Waals surface area contributed by atoms with E-state index >= 15 is 0 Å². The van der Waals surface area contributed by atoms with E-state index in [9.17, 15) is 5.11 Å². The summed E-state index contributed by atoms with van der Waals surface area (Å²) in [5, 5.41) is 9.49. The van der Waals surface area contributed by atoms with Gasteiger partial charge in [-0.25, -0.2) is 0 Å². The third kappa shape index (κ3) is 3.19. The molecule has 0 fully saturated rings. The number of benzene rings is 1. The summed E-state index contributed by atoms with van der Waals surface area (Å²) in [4.78, 5) is 0. The molecule has 0 spiro atoms. The second-order valence-corrected chi connectivity index (χ2v) is 2.93. The minimum absolute atomic E-state index is 0. The van der Waals surface area contributed by atoms with Crippen LogP contribution in [-0.2, 0) is 27.3 Å². The average molecular weight is 184 g/mol. The fraction of sp³-hybridized carbons (Fsp3) is 0.333. The fourth-order valence-corrected chi connectivity index (χ4v) is 0.846. The van der Waals surface area contributed by atoms with Crippen molar-refractivity contribution in [1.82, 2.24) is 0 Å². The largest absolute Gasteiger partial charge is 0.386 e. The molecule has 0 saturated heterocycles. The molecule has 1 rings (SSSR count). The molecule has 0 bridgehead atoms. The molecule has 0 heterocycles. The minimum Gasteiger partial charge on any atom is -0.386 e. The van der Waals surface area contributed by atoms with E-state index in [1.54, 1.807) is 13.8 Å². The molecule has 1 aromatic carbocycles. The Bertz CT molecular complexity index is 201. The smallest absolute Gasteiger partial charge is 0.0840 e. The van der Waals surface area contributed by atoms with Gasteiger partial charge in [0.1, 0.15) is 0 Å². The molecule has 0 radical (unpaired) electrons. The Morgan fingerprint density at radius 2 is 1.55 bits per heavy atom. The van der Waals surface area contributed by atoms with E-state index in [4.69, 9.17) is 0 Å². The van der Waals surface area contributed by atoms with Crippen molar-refractivity contribution in [3.05, 3.63) is 35.9 Å². The van der Waals surface area contributed by atoms with Gasteiger partial charge in [-0.15, -0.1) is 0 Å². The summed E-state index contributed by atoms with van der Waals surface area (Å²) in [5.41, 5.74) is 0.247. The normalized spacial score (nSPS) is 10.5. The molecule has 0 aliphatic rings. The Balaban J connectivity index is 0.000001000. The van der Waals surface area contributed by atoms with E-state index in [1.165, 1.54) is 0 Å². The fourth-order valence-electron chi connectivity index (χ4n) is 0.846. The van der Waals surface area contributed by atoms with Crippen LogP contribution in [0.4, 0.5) is 0 Å². The van der Waals surface area contributed by atoms with Crippen LogP contribution in [0.15, 0.2) is 30.3 Å². The van der Waals surface area contributed by atoms with Crippen molar-refractivity contribution in [1.29, 1.82) is 0 Å². The Morgan fingerprint density at radius 3 is 1.82 bits per heavy atom. The number of aliphatic hydroxyl groups is 1. The van der Waals surface area contributed by atoms with Crippen LogP contribution < -0.4 is 0 Å². The topological polar surface area (TPSA) is 20.2 Å². The van der Waals surface area contributed by atoms with Crippen LogP contribution in [0.1, 0.15) is 19.4 Å². The predicted octanol–water partition coefficient (Wildman–Crippen LogP) is 1.91. The zero-order chi connectivity index (χ0) is 7.61. The molecular weight excluding hydrogens is 172 g/mol. The number of hydrogen-bond donors (Lipinski definition) is 1. The summed E-state index contributed by atoms with van der Waals surface area (Å²) in [7, 11) is 0. The summed E-state index contributed by atoms with van der Waals surface area (Å²) in [6, 6.07) is 9.62. The Kier molecular flexibility index (Phi) is 4.02. The van der Waals surface area contributed by atoms with Gasteiger partial charge in [0.15, 0.2) is 0 Å². The van der Waals surface area contributed by atoms with Gasteiger partial charge in [0.05, 0.1) is 5.60 Å². The zero-order valence-corrected chi connectivity index (χ0v) is 8.40. The SMILES string of the molecule is CC(C)(O)c1ccccc1.[Ti]. The maximum Gasteiger partial charge on any atom is 0.0840 e. The molecule has 1 aromatic rings. The maximum atomic E-state index is 9.49. The number of rotatable bonds is 1. The molecule has 0 aliphatic heterocycles. The van der Waals surface area contributed by atoms with E-state index < -0.39 is 5.60 Å². The summed E-state index contributed by atoms with van der Waals surface area (Å²) < 4.78 is 0. The monoisotopic (exact) mass is 184 g/mol. The average Bonchev–Trinajstić information content (AvgIpc) is 1.88. The van der Waals surface area contributed by atoms with Crippen LogP contribution in [-0.4, -0.2) is 5.11 Å². The first kappa shape index (κ1) is 10.9. The Hall–Kier alpha value is -0.106. The molecule has 0 aromatic heterocycles. The molecule has 11 heavy (non-hydrogen) atoms. The van der Waals surface area contributed by atoms with Crippen molar-refractivity contribution in [2.24, 2.45) is 0 Å². The summed E-state index contributed by atoms with van der Waals surface area (Å²) in [6.07, 6.45) is 0. The zero-order valence-electron chi connectivity index (χ0n) is 6.83. The Labute approximate surface area is 82.3 Å². The molecular formula is C9H12OTi. The molecule has 0 aliphatic carbocycles.